The SMILES string of the molecule is c1ccc(N2CCN(CC3CCc4ncsc4C3)CC2)nc1. The van der Waals surface area contributed by atoms with E-state index >= 15 is 0 Å². The molecule has 0 radical (unpaired) electrons. The quantitative estimate of drug-likeness (QED) is 0.871. The molecule has 5 heteroatoms. The zero-order chi connectivity index (χ0) is 14.8. The highest BCUT2D eigenvalue weighted by Gasteiger charge is 2.25. The second kappa shape index (κ2) is 6.34. The van der Waals surface area contributed by atoms with Crippen LogP contribution in [0.1, 0.15) is 17.0 Å². The maximum absolute atomic E-state index is 4.47. The predicted octanol–water partition coefficient (Wildman–Crippen LogP) is 2.47. The van der Waals surface area contributed by atoms with Gasteiger partial charge in [-0.2, -0.15) is 0 Å². The lowest BCUT2D eigenvalue weighted by Crippen LogP contribution is -2.48. The van der Waals surface area contributed by atoms with Gasteiger partial charge in [-0.3, -0.25) is 4.90 Å². The van der Waals surface area contributed by atoms with Crippen LogP contribution in [-0.2, 0) is 12.8 Å². The molecule has 2 aromatic heterocycles. The van der Waals surface area contributed by atoms with Crippen LogP contribution in [0, 0.1) is 5.92 Å². The molecule has 1 aliphatic carbocycles. The third-order valence-corrected chi connectivity index (χ3v) is 5.75. The zero-order valence-corrected chi connectivity index (χ0v) is 13.6. The molecule has 1 atom stereocenters. The van der Waals surface area contributed by atoms with Crippen LogP contribution in [-0.4, -0.2) is 47.6 Å². The van der Waals surface area contributed by atoms with E-state index in [2.05, 4.69) is 31.9 Å². The van der Waals surface area contributed by atoms with Crippen molar-refractivity contribution in [1.82, 2.24) is 14.9 Å². The molecule has 0 bridgehead atoms. The molecule has 4 rings (SSSR count). The van der Waals surface area contributed by atoms with Gasteiger partial charge in [0.15, 0.2) is 0 Å². The van der Waals surface area contributed by atoms with E-state index in [1.54, 1.807) is 0 Å². The molecule has 1 fully saturated rings. The number of hydrogen-bond donors (Lipinski definition) is 0. The molecule has 0 spiro atoms. The van der Waals surface area contributed by atoms with E-state index in [-0.39, 0.29) is 0 Å². The monoisotopic (exact) mass is 314 g/mol. The van der Waals surface area contributed by atoms with Crippen LogP contribution >= 0.6 is 11.3 Å². The number of thiazole rings is 1. The summed E-state index contributed by atoms with van der Waals surface area (Å²) in [7, 11) is 0. The summed E-state index contributed by atoms with van der Waals surface area (Å²) in [5.41, 5.74) is 3.37. The highest BCUT2D eigenvalue weighted by molar-refractivity contribution is 7.09. The number of piperazine rings is 1. The Hall–Kier alpha value is -1.46. The molecule has 22 heavy (non-hydrogen) atoms. The van der Waals surface area contributed by atoms with Crippen molar-refractivity contribution in [2.45, 2.75) is 19.3 Å². The van der Waals surface area contributed by atoms with E-state index in [0.717, 1.165) is 37.9 Å². The first-order valence-electron chi connectivity index (χ1n) is 8.18. The van der Waals surface area contributed by atoms with Gasteiger partial charge in [0.25, 0.3) is 0 Å². The minimum Gasteiger partial charge on any atom is -0.354 e. The second-order valence-electron chi connectivity index (χ2n) is 6.31. The van der Waals surface area contributed by atoms with E-state index in [4.69, 9.17) is 0 Å². The largest absolute Gasteiger partial charge is 0.354 e. The molecule has 0 aromatic carbocycles. The van der Waals surface area contributed by atoms with Crippen molar-refractivity contribution in [3.8, 4) is 0 Å². The average Bonchev–Trinajstić information content (AvgIpc) is 3.04. The summed E-state index contributed by atoms with van der Waals surface area (Å²) in [4.78, 5) is 15.5. The third-order valence-electron chi connectivity index (χ3n) is 4.85. The van der Waals surface area contributed by atoms with Crippen molar-refractivity contribution in [1.29, 1.82) is 0 Å². The standard InChI is InChI=1S/C17H22N4S/c1-2-6-18-17(3-1)21-9-7-20(8-10-21)12-14-4-5-15-16(11-14)22-13-19-15/h1-3,6,13-14H,4-5,7-12H2. The molecule has 2 aliphatic rings. The van der Waals surface area contributed by atoms with E-state index in [1.165, 1.54) is 36.4 Å². The number of aryl methyl sites for hydroxylation is 1. The molecule has 0 saturated carbocycles. The van der Waals surface area contributed by atoms with E-state index < -0.39 is 0 Å². The topological polar surface area (TPSA) is 32.3 Å². The Bertz CT molecular complexity index is 604. The minimum atomic E-state index is 0.814. The predicted molar refractivity (Wildman–Crippen MR) is 90.5 cm³/mol. The number of pyridine rings is 1. The Labute approximate surface area is 135 Å². The molecule has 1 saturated heterocycles. The number of nitrogens with zero attached hydrogens (tertiary/aromatic N) is 4. The Morgan fingerprint density at radius 2 is 2.05 bits per heavy atom. The summed E-state index contributed by atoms with van der Waals surface area (Å²) in [6.45, 7) is 5.74. The maximum atomic E-state index is 4.47. The van der Waals surface area contributed by atoms with Gasteiger partial charge in [-0.1, -0.05) is 6.07 Å². The lowest BCUT2D eigenvalue weighted by atomic mass is 9.90. The van der Waals surface area contributed by atoms with Crippen molar-refractivity contribution in [2.75, 3.05) is 37.6 Å². The summed E-state index contributed by atoms with van der Waals surface area (Å²) in [5.74, 6) is 1.93. The molecule has 2 aromatic rings. The summed E-state index contributed by atoms with van der Waals surface area (Å²) in [6.07, 6.45) is 5.60. The molecule has 0 N–H and O–H groups in total. The molecular formula is C17H22N4S. The highest BCUT2D eigenvalue weighted by atomic mass is 32.1. The lowest BCUT2D eigenvalue weighted by Gasteiger charge is -2.37. The van der Waals surface area contributed by atoms with Crippen molar-refractivity contribution in [3.05, 3.63) is 40.5 Å². The first kappa shape index (κ1) is 14.2. The third kappa shape index (κ3) is 3.01. The van der Waals surface area contributed by atoms with Gasteiger partial charge in [-0.05, 0) is 37.3 Å². The van der Waals surface area contributed by atoms with Crippen molar-refractivity contribution in [3.63, 3.8) is 0 Å². The van der Waals surface area contributed by atoms with Gasteiger partial charge in [0.2, 0.25) is 0 Å². The fourth-order valence-electron chi connectivity index (χ4n) is 3.59. The number of rotatable bonds is 3. The van der Waals surface area contributed by atoms with Crippen LogP contribution in [0.25, 0.3) is 0 Å². The van der Waals surface area contributed by atoms with Gasteiger partial charge in [0.05, 0.1) is 11.2 Å². The smallest absolute Gasteiger partial charge is 0.128 e. The fraction of sp³-hybridized carbons (Fsp3) is 0.529. The number of anilines is 1. The van der Waals surface area contributed by atoms with Gasteiger partial charge in [-0.15, -0.1) is 11.3 Å². The average molecular weight is 314 g/mol. The summed E-state index contributed by atoms with van der Waals surface area (Å²) in [5, 5.41) is 0. The van der Waals surface area contributed by atoms with Crippen LogP contribution in [0.3, 0.4) is 0 Å². The minimum absolute atomic E-state index is 0.814. The molecule has 3 heterocycles. The first-order chi connectivity index (χ1) is 10.9. The molecule has 4 nitrogen and oxygen atoms in total. The Balaban J connectivity index is 1.30. The van der Waals surface area contributed by atoms with E-state index in [9.17, 15) is 0 Å². The summed E-state index contributed by atoms with van der Waals surface area (Å²) >= 11 is 1.84. The Morgan fingerprint density at radius 1 is 1.14 bits per heavy atom. The van der Waals surface area contributed by atoms with E-state index in [1.807, 2.05) is 29.1 Å². The van der Waals surface area contributed by atoms with Crippen molar-refractivity contribution >= 4 is 17.2 Å². The molecular weight excluding hydrogens is 292 g/mol. The van der Waals surface area contributed by atoms with Crippen molar-refractivity contribution in [2.24, 2.45) is 5.92 Å². The Kier molecular flexibility index (Phi) is 4.08. The Morgan fingerprint density at radius 3 is 2.86 bits per heavy atom. The van der Waals surface area contributed by atoms with Crippen molar-refractivity contribution < 1.29 is 0 Å². The lowest BCUT2D eigenvalue weighted by molar-refractivity contribution is 0.209. The van der Waals surface area contributed by atoms with Gasteiger partial charge < -0.3 is 4.90 Å². The normalized spacial score (nSPS) is 22.5. The number of hydrogen-bond acceptors (Lipinski definition) is 5. The number of aromatic nitrogens is 2. The van der Waals surface area contributed by atoms with Gasteiger partial charge in [0.1, 0.15) is 5.82 Å². The number of fused-ring (bicyclic) bond motifs is 1. The molecule has 1 unspecified atom stereocenters. The first-order valence-corrected chi connectivity index (χ1v) is 9.06. The van der Waals surface area contributed by atoms with Crippen LogP contribution in [0.4, 0.5) is 5.82 Å². The molecule has 1 aliphatic heterocycles. The van der Waals surface area contributed by atoms with Crippen LogP contribution in [0.5, 0.6) is 0 Å². The van der Waals surface area contributed by atoms with Gasteiger partial charge >= 0.3 is 0 Å². The highest BCUT2D eigenvalue weighted by Crippen LogP contribution is 2.28. The van der Waals surface area contributed by atoms with Crippen LogP contribution in [0.15, 0.2) is 29.9 Å². The van der Waals surface area contributed by atoms with Gasteiger partial charge in [-0.25, -0.2) is 9.97 Å². The fourth-order valence-corrected chi connectivity index (χ4v) is 4.52. The maximum Gasteiger partial charge on any atom is 0.128 e. The second-order valence-corrected chi connectivity index (χ2v) is 7.25. The zero-order valence-electron chi connectivity index (χ0n) is 12.8. The van der Waals surface area contributed by atoms with Crippen LogP contribution < -0.4 is 4.90 Å². The molecule has 116 valence electrons. The molecule has 0 amide bonds. The summed E-state index contributed by atoms with van der Waals surface area (Å²) < 4.78 is 0. The summed E-state index contributed by atoms with van der Waals surface area (Å²) in [6, 6.07) is 6.17. The van der Waals surface area contributed by atoms with E-state index in [0.29, 0.717) is 0 Å². The van der Waals surface area contributed by atoms with Gasteiger partial charge in [0, 0.05) is 43.8 Å². The van der Waals surface area contributed by atoms with Crippen LogP contribution in [0.2, 0.25) is 0 Å².